The van der Waals surface area contributed by atoms with Crippen LogP contribution in [-0.4, -0.2) is 21.9 Å². The Balaban J connectivity index is 1.54. The van der Waals surface area contributed by atoms with Crippen molar-refractivity contribution in [3.05, 3.63) is 72.2 Å². The maximum Gasteiger partial charge on any atom is 0.251 e. The summed E-state index contributed by atoms with van der Waals surface area (Å²) in [5.74, 6) is 0.592. The fourth-order valence-electron chi connectivity index (χ4n) is 2.58. The molecule has 5 nitrogen and oxygen atoms in total. The van der Waals surface area contributed by atoms with Crippen molar-refractivity contribution in [1.29, 1.82) is 0 Å². The van der Waals surface area contributed by atoms with E-state index in [0.29, 0.717) is 28.8 Å². The normalized spacial score (nSPS) is 13.3. The topological polar surface area (TPSA) is 66.9 Å². The zero-order valence-electron chi connectivity index (χ0n) is 13.9. The van der Waals surface area contributed by atoms with Crippen molar-refractivity contribution in [3.8, 4) is 11.4 Å². The van der Waals surface area contributed by atoms with Gasteiger partial charge in [0.05, 0.1) is 0 Å². The van der Waals surface area contributed by atoms with Crippen LogP contribution in [-0.2, 0) is 0 Å². The smallest absolute Gasteiger partial charge is 0.251 e. The fourth-order valence-corrected chi connectivity index (χ4v) is 2.58. The summed E-state index contributed by atoms with van der Waals surface area (Å²) in [6.45, 7) is 0. The van der Waals surface area contributed by atoms with Gasteiger partial charge in [-0.3, -0.25) is 4.79 Å². The molecule has 0 unspecified atom stereocenters. The highest BCUT2D eigenvalue weighted by Gasteiger charge is 2.23. The molecular weight excluding hydrogens is 331 g/mol. The van der Waals surface area contributed by atoms with E-state index in [2.05, 4.69) is 20.6 Å². The van der Waals surface area contributed by atoms with Gasteiger partial charge in [-0.15, -0.1) is 0 Å². The first kappa shape index (κ1) is 16.2. The standard InChI is InChI=1S/C20H17FN4O/c21-15-5-1-3-13(11-15)19-22-10-9-18(25-19)23-17-6-2-4-14(12-17)20(26)24-16-7-8-16/h1-6,9-12,16H,7-8H2,(H,24,26)(H,22,23,25). The first-order valence-corrected chi connectivity index (χ1v) is 8.44. The van der Waals surface area contributed by atoms with Crippen LogP contribution in [0.1, 0.15) is 23.2 Å². The molecular formula is C20H17FN4O. The lowest BCUT2D eigenvalue weighted by atomic mass is 10.2. The molecule has 1 aliphatic carbocycles. The molecule has 2 aromatic carbocycles. The summed E-state index contributed by atoms with van der Waals surface area (Å²) < 4.78 is 13.4. The van der Waals surface area contributed by atoms with E-state index in [0.717, 1.165) is 18.5 Å². The van der Waals surface area contributed by atoms with Crippen molar-refractivity contribution < 1.29 is 9.18 Å². The lowest BCUT2D eigenvalue weighted by Crippen LogP contribution is -2.25. The summed E-state index contributed by atoms with van der Waals surface area (Å²) in [5.41, 5.74) is 1.95. The molecule has 0 atom stereocenters. The van der Waals surface area contributed by atoms with E-state index in [9.17, 15) is 9.18 Å². The molecule has 1 saturated carbocycles. The highest BCUT2D eigenvalue weighted by atomic mass is 19.1. The van der Waals surface area contributed by atoms with E-state index in [1.807, 2.05) is 12.1 Å². The Morgan fingerprint density at radius 3 is 2.73 bits per heavy atom. The fraction of sp³-hybridized carbons (Fsp3) is 0.150. The van der Waals surface area contributed by atoms with Crippen LogP contribution in [0.5, 0.6) is 0 Å². The van der Waals surface area contributed by atoms with Crippen LogP contribution < -0.4 is 10.6 Å². The Labute approximate surface area is 150 Å². The van der Waals surface area contributed by atoms with Crippen molar-refractivity contribution in [2.45, 2.75) is 18.9 Å². The Bertz CT molecular complexity index is 956. The summed E-state index contributed by atoms with van der Waals surface area (Å²) >= 11 is 0. The van der Waals surface area contributed by atoms with Crippen LogP contribution in [0.15, 0.2) is 60.8 Å². The van der Waals surface area contributed by atoms with E-state index in [1.54, 1.807) is 36.5 Å². The lowest BCUT2D eigenvalue weighted by molar-refractivity contribution is 0.0951. The van der Waals surface area contributed by atoms with E-state index in [4.69, 9.17) is 0 Å². The molecule has 0 bridgehead atoms. The first-order valence-electron chi connectivity index (χ1n) is 8.44. The molecule has 130 valence electrons. The van der Waals surface area contributed by atoms with Crippen LogP contribution >= 0.6 is 0 Å². The second-order valence-electron chi connectivity index (χ2n) is 6.23. The highest BCUT2D eigenvalue weighted by Crippen LogP contribution is 2.22. The third-order valence-electron chi connectivity index (χ3n) is 4.05. The number of carbonyl (C=O) groups excluding carboxylic acids is 1. The number of hydrogen-bond donors (Lipinski definition) is 2. The number of aromatic nitrogens is 2. The number of benzene rings is 2. The SMILES string of the molecule is O=C(NC1CC1)c1cccc(Nc2ccnc(-c3cccc(F)c3)n2)c1. The molecule has 1 aliphatic rings. The summed E-state index contributed by atoms with van der Waals surface area (Å²) in [6, 6.07) is 15.4. The van der Waals surface area contributed by atoms with E-state index in [-0.39, 0.29) is 11.7 Å². The zero-order valence-corrected chi connectivity index (χ0v) is 13.9. The second kappa shape index (κ2) is 6.92. The predicted molar refractivity (Wildman–Crippen MR) is 97.6 cm³/mol. The van der Waals surface area contributed by atoms with Gasteiger partial charge in [-0.05, 0) is 49.2 Å². The first-order chi connectivity index (χ1) is 12.7. The Hall–Kier alpha value is -3.28. The number of amides is 1. The van der Waals surface area contributed by atoms with Gasteiger partial charge in [-0.2, -0.15) is 0 Å². The average molecular weight is 348 g/mol. The summed E-state index contributed by atoms with van der Waals surface area (Å²) in [7, 11) is 0. The zero-order chi connectivity index (χ0) is 17.9. The minimum Gasteiger partial charge on any atom is -0.349 e. The van der Waals surface area contributed by atoms with Gasteiger partial charge in [0.1, 0.15) is 11.6 Å². The summed E-state index contributed by atoms with van der Waals surface area (Å²) in [6.07, 6.45) is 3.71. The molecule has 0 aliphatic heterocycles. The van der Waals surface area contributed by atoms with Crippen LogP contribution in [0, 0.1) is 5.82 Å². The van der Waals surface area contributed by atoms with Crippen molar-refractivity contribution in [2.24, 2.45) is 0 Å². The van der Waals surface area contributed by atoms with Gasteiger partial charge >= 0.3 is 0 Å². The Morgan fingerprint density at radius 1 is 1.08 bits per heavy atom. The second-order valence-corrected chi connectivity index (χ2v) is 6.23. The number of nitrogens with zero attached hydrogens (tertiary/aromatic N) is 2. The number of nitrogens with one attached hydrogen (secondary N) is 2. The third-order valence-corrected chi connectivity index (χ3v) is 4.05. The van der Waals surface area contributed by atoms with E-state index >= 15 is 0 Å². The minimum atomic E-state index is -0.334. The van der Waals surface area contributed by atoms with E-state index in [1.165, 1.54) is 12.1 Å². The van der Waals surface area contributed by atoms with Crippen molar-refractivity contribution in [3.63, 3.8) is 0 Å². The predicted octanol–water partition coefficient (Wildman–Crippen LogP) is 3.92. The number of hydrogen-bond acceptors (Lipinski definition) is 4. The van der Waals surface area contributed by atoms with Gasteiger partial charge in [-0.25, -0.2) is 14.4 Å². The van der Waals surface area contributed by atoms with Gasteiger partial charge < -0.3 is 10.6 Å². The van der Waals surface area contributed by atoms with Crippen LogP contribution in [0.3, 0.4) is 0 Å². The van der Waals surface area contributed by atoms with Crippen molar-refractivity contribution >= 4 is 17.4 Å². The third kappa shape index (κ3) is 3.85. The van der Waals surface area contributed by atoms with Gasteiger partial charge in [0.2, 0.25) is 0 Å². The van der Waals surface area contributed by atoms with Crippen LogP contribution in [0.2, 0.25) is 0 Å². The number of rotatable bonds is 5. The van der Waals surface area contributed by atoms with E-state index < -0.39 is 0 Å². The molecule has 2 N–H and O–H groups in total. The van der Waals surface area contributed by atoms with Gasteiger partial charge in [0.25, 0.3) is 5.91 Å². The van der Waals surface area contributed by atoms with Gasteiger partial charge in [0.15, 0.2) is 5.82 Å². The number of halogens is 1. The molecule has 3 aromatic rings. The molecule has 1 amide bonds. The van der Waals surface area contributed by atoms with Crippen LogP contribution in [0.25, 0.3) is 11.4 Å². The molecule has 1 heterocycles. The molecule has 0 radical (unpaired) electrons. The van der Waals surface area contributed by atoms with Crippen molar-refractivity contribution in [2.75, 3.05) is 5.32 Å². The number of carbonyl (C=O) groups is 1. The minimum absolute atomic E-state index is 0.0701. The largest absolute Gasteiger partial charge is 0.349 e. The molecule has 26 heavy (non-hydrogen) atoms. The molecule has 1 aromatic heterocycles. The molecule has 0 spiro atoms. The van der Waals surface area contributed by atoms with Gasteiger partial charge in [-0.1, -0.05) is 18.2 Å². The van der Waals surface area contributed by atoms with Crippen LogP contribution in [0.4, 0.5) is 15.9 Å². The average Bonchev–Trinajstić information content (AvgIpc) is 3.46. The molecule has 1 fully saturated rings. The molecule has 0 saturated heterocycles. The highest BCUT2D eigenvalue weighted by molar-refractivity contribution is 5.95. The van der Waals surface area contributed by atoms with Crippen molar-refractivity contribution in [1.82, 2.24) is 15.3 Å². The Morgan fingerprint density at radius 2 is 1.92 bits per heavy atom. The quantitative estimate of drug-likeness (QED) is 0.733. The molecule has 4 rings (SSSR count). The maximum atomic E-state index is 13.4. The van der Waals surface area contributed by atoms with Gasteiger partial charge in [0, 0.05) is 29.1 Å². The molecule has 6 heteroatoms. The number of anilines is 2. The summed E-state index contributed by atoms with van der Waals surface area (Å²) in [4.78, 5) is 20.8. The maximum absolute atomic E-state index is 13.4. The Kier molecular flexibility index (Phi) is 4.31. The lowest BCUT2D eigenvalue weighted by Gasteiger charge is -2.09. The summed E-state index contributed by atoms with van der Waals surface area (Å²) in [5, 5.41) is 6.14. The monoisotopic (exact) mass is 348 g/mol.